The summed E-state index contributed by atoms with van der Waals surface area (Å²) in [4.78, 5) is 25.1. The standard InChI is InChI=1S/C24H33N5O2/c1-16-9-11-19(12-10-16)26-15-18-13-21(23(28(3)4)14-20(18)25)27-24(30)22-8-6-7-17(2)29(22)31-5/h6-8,13-16,19,25,30H,9-12H2,1-5H3/p+1. The molecule has 7 nitrogen and oxygen atoms in total. The van der Waals surface area contributed by atoms with Crippen LogP contribution in [0.25, 0.3) is 0 Å². The number of nitrogens with two attached hydrogens (primary N) is 1. The van der Waals surface area contributed by atoms with E-state index >= 15 is 0 Å². The average molecular weight is 425 g/mol. The van der Waals surface area contributed by atoms with Crippen molar-refractivity contribution < 1.29 is 14.4 Å². The Balaban J connectivity index is 1.89. The number of aliphatic imine (C=N–C) groups is 1. The van der Waals surface area contributed by atoms with Crippen LogP contribution in [0.15, 0.2) is 35.3 Å². The zero-order valence-electron chi connectivity index (χ0n) is 19.2. The van der Waals surface area contributed by atoms with Crippen LogP contribution in [0.4, 0.5) is 17.1 Å². The molecule has 1 fully saturated rings. The first kappa shape index (κ1) is 22.6. The fourth-order valence-corrected chi connectivity index (χ4v) is 3.98. The minimum absolute atomic E-state index is 0.262. The molecule has 1 aromatic heterocycles. The van der Waals surface area contributed by atoms with Gasteiger partial charge in [-0.3, -0.25) is 14.6 Å². The first-order valence-corrected chi connectivity index (χ1v) is 10.8. The molecule has 0 atom stereocenters. The molecular weight excluding hydrogens is 390 g/mol. The van der Waals surface area contributed by atoms with Gasteiger partial charge in [0.15, 0.2) is 0 Å². The molecule has 2 aromatic rings. The van der Waals surface area contributed by atoms with E-state index in [0.29, 0.717) is 23.1 Å². The van der Waals surface area contributed by atoms with Crippen LogP contribution in [0.5, 0.6) is 0 Å². The van der Waals surface area contributed by atoms with E-state index < -0.39 is 0 Å². The number of nitrogen functional groups attached to an aromatic ring is 1. The molecule has 1 saturated carbocycles. The lowest BCUT2D eigenvalue weighted by molar-refractivity contribution is -0.890. The number of rotatable bonds is 6. The van der Waals surface area contributed by atoms with Gasteiger partial charge in [-0.25, -0.2) is 0 Å². The van der Waals surface area contributed by atoms with Crippen molar-refractivity contribution >= 4 is 29.2 Å². The van der Waals surface area contributed by atoms with Gasteiger partial charge in [-0.1, -0.05) is 6.92 Å². The molecule has 31 heavy (non-hydrogen) atoms. The predicted molar refractivity (Wildman–Crippen MR) is 126 cm³/mol. The van der Waals surface area contributed by atoms with E-state index in [2.05, 4.69) is 12.2 Å². The Morgan fingerprint density at radius 1 is 1.26 bits per heavy atom. The Morgan fingerprint density at radius 2 is 1.97 bits per heavy atom. The van der Waals surface area contributed by atoms with Crippen LogP contribution in [0.2, 0.25) is 0 Å². The normalized spacial score (nSPS) is 18.7. The molecule has 1 amide bonds. The van der Waals surface area contributed by atoms with E-state index in [1.54, 1.807) is 13.2 Å². The van der Waals surface area contributed by atoms with Gasteiger partial charge in [0.05, 0.1) is 11.4 Å². The Bertz CT molecular complexity index is 963. The molecule has 1 aliphatic rings. The highest BCUT2D eigenvalue weighted by Gasteiger charge is 2.24. The van der Waals surface area contributed by atoms with Crippen molar-refractivity contribution in [2.45, 2.75) is 45.6 Å². The van der Waals surface area contributed by atoms with Gasteiger partial charge in [-0.2, -0.15) is 0 Å². The summed E-state index contributed by atoms with van der Waals surface area (Å²) >= 11 is 0. The number of benzene rings is 1. The summed E-state index contributed by atoms with van der Waals surface area (Å²) in [7, 11) is 5.38. The first-order chi connectivity index (χ1) is 14.8. The monoisotopic (exact) mass is 424 g/mol. The third kappa shape index (κ3) is 5.34. The Kier molecular flexibility index (Phi) is 7.15. The summed E-state index contributed by atoms with van der Waals surface area (Å²) < 4.78 is 1.51. The van der Waals surface area contributed by atoms with Crippen LogP contribution in [0, 0.1) is 12.8 Å². The van der Waals surface area contributed by atoms with Gasteiger partial charge in [0.25, 0.3) is 0 Å². The molecule has 7 heteroatoms. The van der Waals surface area contributed by atoms with Gasteiger partial charge in [-0.05, 0) is 49.8 Å². The number of carbonyl (C=O) groups is 1. The molecular formula is C24H34N5O2+. The van der Waals surface area contributed by atoms with Gasteiger partial charge < -0.3 is 16.0 Å². The number of carbonyl (C=O) groups excluding carboxylic acids is 1. The van der Waals surface area contributed by atoms with Gasteiger partial charge in [0.1, 0.15) is 7.11 Å². The molecule has 0 saturated heterocycles. The van der Waals surface area contributed by atoms with Crippen LogP contribution in [0.1, 0.15) is 54.4 Å². The molecule has 0 spiro atoms. The smallest absolute Gasteiger partial charge is 0.325 e. The van der Waals surface area contributed by atoms with E-state index in [4.69, 9.17) is 15.6 Å². The van der Waals surface area contributed by atoms with Crippen molar-refractivity contribution in [2.24, 2.45) is 10.9 Å². The second-order valence-corrected chi connectivity index (χ2v) is 8.57. The number of amides is 1. The van der Waals surface area contributed by atoms with Gasteiger partial charge in [0.2, 0.25) is 5.69 Å². The molecule has 166 valence electrons. The van der Waals surface area contributed by atoms with Crippen LogP contribution in [-0.2, 0) is 0 Å². The van der Waals surface area contributed by atoms with Crippen molar-refractivity contribution in [1.82, 2.24) is 0 Å². The highest BCUT2D eigenvalue weighted by molar-refractivity contribution is 6.05. The van der Waals surface area contributed by atoms with Crippen LogP contribution < -0.4 is 25.5 Å². The number of aryl methyl sites for hydroxylation is 1. The average Bonchev–Trinajstić information content (AvgIpc) is 2.74. The van der Waals surface area contributed by atoms with Crippen LogP contribution in [0.3, 0.4) is 0 Å². The highest BCUT2D eigenvalue weighted by atomic mass is 16.6. The van der Waals surface area contributed by atoms with E-state index in [0.717, 1.165) is 35.7 Å². The second-order valence-electron chi connectivity index (χ2n) is 8.57. The molecule has 3 rings (SSSR count). The van der Waals surface area contributed by atoms with Crippen molar-refractivity contribution in [3.63, 3.8) is 0 Å². The Hall–Kier alpha value is -3.09. The van der Waals surface area contributed by atoms with Crippen LogP contribution >= 0.6 is 0 Å². The third-order valence-electron chi connectivity index (χ3n) is 5.89. The minimum Gasteiger partial charge on any atom is -0.398 e. The zero-order valence-corrected chi connectivity index (χ0v) is 19.2. The summed E-state index contributed by atoms with van der Waals surface area (Å²) in [6.45, 7) is 4.18. The maximum absolute atomic E-state index is 13.1. The van der Waals surface area contributed by atoms with Crippen molar-refractivity contribution in [1.29, 1.82) is 0 Å². The van der Waals surface area contributed by atoms with Crippen molar-refractivity contribution in [3.05, 3.63) is 47.3 Å². The molecule has 0 radical (unpaired) electrons. The SMILES string of the molecule is CO[n+]1c(C)cccc1C(=O)Nc1cc(C=NC2CCC(C)CC2)c(N)cc1N(C)C. The molecule has 0 unspecified atom stereocenters. The topological polar surface area (TPSA) is 83.8 Å². The quantitative estimate of drug-likeness (QED) is 0.424. The lowest BCUT2D eigenvalue weighted by Crippen LogP contribution is -2.49. The molecule has 0 aliphatic heterocycles. The Morgan fingerprint density at radius 3 is 2.61 bits per heavy atom. The number of hydrogen-bond donors (Lipinski definition) is 2. The second kappa shape index (κ2) is 9.81. The summed E-state index contributed by atoms with van der Waals surface area (Å²) in [6.07, 6.45) is 6.51. The molecule has 1 aliphatic carbocycles. The summed E-state index contributed by atoms with van der Waals surface area (Å²) in [5.41, 5.74) is 10.5. The van der Waals surface area contributed by atoms with Crippen LogP contribution in [-0.4, -0.2) is 39.4 Å². The van der Waals surface area contributed by atoms with Crippen molar-refractivity contribution in [2.75, 3.05) is 37.2 Å². The maximum Gasteiger partial charge on any atom is 0.325 e. The molecule has 0 bridgehead atoms. The number of aromatic nitrogens is 1. The number of nitrogens with one attached hydrogen (secondary N) is 1. The summed E-state index contributed by atoms with van der Waals surface area (Å²) in [5, 5.41) is 3.02. The lowest BCUT2D eigenvalue weighted by atomic mass is 9.88. The van der Waals surface area contributed by atoms with Gasteiger partial charge in [-0.15, -0.1) is 0 Å². The maximum atomic E-state index is 13.1. The first-order valence-electron chi connectivity index (χ1n) is 10.8. The van der Waals surface area contributed by atoms with Crippen molar-refractivity contribution in [3.8, 4) is 0 Å². The fourth-order valence-electron chi connectivity index (χ4n) is 3.98. The number of nitrogens with zero attached hydrogens (tertiary/aromatic N) is 3. The van der Waals surface area contributed by atoms with E-state index in [-0.39, 0.29) is 5.91 Å². The largest absolute Gasteiger partial charge is 0.398 e. The number of hydrogen-bond acceptors (Lipinski definition) is 5. The summed E-state index contributed by atoms with van der Waals surface area (Å²) in [5.74, 6) is 0.525. The minimum atomic E-state index is -0.262. The lowest BCUT2D eigenvalue weighted by Gasteiger charge is -2.23. The predicted octanol–water partition coefficient (Wildman–Crippen LogP) is 3.24. The molecule has 3 N–H and O–H groups in total. The number of pyridine rings is 1. The zero-order chi connectivity index (χ0) is 22.5. The third-order valence-corrected chi connectivity index (χ3v) is 5.89. The van der Waals surface area contributed by atoms with E-state index in [9.17, 15) is 4.79 Å². The highest BCUT2D eigenvalue weighted by Crippen LogP contribution is 2.31. The fraction of sp³-hybridized carbons (Fsp3) is 0.458. The number of anilines is 3. The van der Waals surface area contributed by atoms with Gasteiger partial charge in [0, 0.05) is 61.4 Å². The molecule has 1 aromatic carbocycles. The van der Waals surface area contributed by atoms with E-state index in [1.165, 1.54) is 17.6 Å². The van der Waals surface area contributed by atoms with E-state index in [1.807, 2.05) is 56.4 Å². The van der Waals surface area contributed by atoms with Gasteiger partial charge >= 0.3 is 11.6 Å². The summed E-state index contributed by atoms with van der Waals surface area (Å²) in [6, 6.07) is 9.55. The molecule has 1 heterocycles. The Labute approximate surface area is 184 Å².